The van der Waals surface area contributed by atoms with Crippen LogP contribution in [0.1, 0.15) is 45.9 Å². The van der Waals surface area contributed by atoms with Crippen LogP contribution in [0.3, 0.4) is 0 Å². The molecule has 1 atom stereocenters. The van der Waals surface area contributed by atoms with Crippen molar-refractivity contribution in [1.82, 2.24) is 9.97 Å². The van der Waals surface area contributed by atoms with Crippen molar-refractivity contribution in [3.05, 3.63) is 66.4 Å². The van der Waals surface area contributed by atoms with Gasteiger partial charge in [-0.05, 0) is 20.8 Å². The van der Waals surface area contributed by atoms with Crippen molar-refractivity contribution in [2.45, 2.75) is 45.8 Å². The lowest BCUT2D eigenvalue weighted by molar-refractivity contribution is -0.147. The molecule has 7 heteroatoms. The molecule has 7 nitrogen and oxygen atoms in total. The summed E-state index contributed by atoms with van der Waals surface area (Å²) in [5, 5.41) is 0. The van der Waals surface area contributed by atoms with E-state index in [-0.39, 0.29) is 0 Å². The van der Waals surface area contributed by atoms with Gasteiger partial charge in [0.05, 0.1) is 11.4 Å². The number of benzene rings is 2. The predicted molar refractivity (Wildman–Crippen MR) is 126 cm³/mol. The number of carbonyl (C=O) groups excluding carboxylic acids is 2. The number of carbonyl (C=O) groups is 2. The first-order chi connectivity index (χ1) is 15.7. The number of amides is 1. The van der Waals surface area contributed by atoms with Gasteiger partial charge in [-0.15, -0.1) is 0 Å². The Hall–Kier alpha value is -3.74. The van der Waals surface area contributed by atoms with Crippen LogP contribution in [0, 0.1) is 0 Å². The lowest BCUT2D eigenvalue weighted by Gasteiger charge is -2.34. The van der Waals surface area contributed by atoms with Crippen LogP contribution in [-0.4, -0.2) is 34.2 Å². The maximum absolute atomic E-state index is 13.0. The van der Waals surface area contributed by atoms with E-state index < -0.39 is 23.8 Å². The number of hydrogen-bond acceptors (Lipinski definition) is 6. The van der Waals surface area contributed by atoms with Crippen LogP contribution in [0.5, 0.6) is 0 Å². The fraction of sp³-hybridized carbons (Fsp3) is 0.308. The number of fused-ring (bicyclic) bond motifs is 1. The number of esters is 1. The molecule has 0 unspecified atom stereocenters. The molecule has 2 aromatic carbocycles. The van der Waals surface area contributed by atoms with E-state index in [4.69, 9.17) is 19.4 Å². The van der Waals surface area contributed by atoms with Gasteiger partial charge in [-0.3, -0.25) is 9.69 Å². The van der Waals surface area contributed by atoms with Gasteiger partial charge in [-0.2, -0.15) is 0 Å². The van der Waals surface area contributed by atoms with E-state index in [1.165, 1.54) is 11.8 Å². The fourth-order valence-corrected chi connectivity index (χ4v) is 3.75. The molecule has 4 rings (SSSR count). The molecule has 0 aliphatic carbocycles. The molecule has 0 N–H and O–H groups in total. The second-order valence-electron chi connectivity index (χ2n) is 8.88. The number of hydrogen-bond donors (Lipinski definition) is 0. The third-order valence-corrected chi connectivity index (χ3v) is 5.10. The van der Waals surface area contributed by atoms with Gasteiger partial charge in [-0.25, -0.2) is 14.8 Å². The SMILES string of the molecule is CC(=O)O[C@@H]1CCN(C(=O)OC(C)(C)C)c2nc(-c3ccccc3)c(-c3ccccc3)nc21. The molecule has 0 saturated heterocycles. The Kier molecular flexibility index (Phi) is 6.14. The zero-order chi connectivity index (χ0) is 23.6. The highest BCUT2D eigenvalue weighted by Gasteiger charge is 2.36. The van der Waals surface area contributed by atoms with Gasteiger partial charge in [0.15, 0.2) is 5.82 Å². The number of ether oxygens (including phenoxy) is 2. The Morgan fingerprint density at radius 2 is 1.45 bits per heavy atom. The predicted octanol–water partition coefficient (Wildman–Crippen LogP) is 5.56. The first kappa shape index (κ1) is 22.5. The molecule has 1 aliphatic rings. The summed E-state index contributed by atoms with van der Waals surface area (Å²) < 4.78 is 11.2. The molecule has 0 saturated carbocycles. The van der Waals surface area contributed by atoms with Crippen molar-refractivity contribution in [3.63, 3.8) is 0 Å². The molecule has 1 aromatic heterocycles. The van der Waals surface area contributed by atoms with E-state index in [1.807, 2.05) is 81.4 Å². The van der Waals surface area contributed by atoms with Gasteiger partial charge in [0.25, 0.3) is 0 Å². The highest BCUT2D eigenvalue weighted by molar-refractivity contribution is 5.90. The van der Waals surface area contributed by atoms with Crippen LogP contribution in [0.25, 0.3) is 22.5 Å². The van der Waals surface area contributed by atoms with Crippen LogP contribution >= 0.6 is 0 Å². The maximum Gasteiger partial charge on any atom is 0.416 e. The van der Waals surface area contributed by atoms with E-state index >= 15 is 0 Å². The molecular weight excluding hydrogens is 418 g/mol. The third-order valence-electron chi connectivity index (χ3n) is 5.10. The van der Waals surface area contributed by atoms with Crippen molar-refractivity contribution in [1.29, 1.82) is 0 Å². The average Bonchev–Trinajstić information content (AvgIpc) is 2.78. The number of nitrogens with zero attached hydrogens (tertiary/aromatic N) is 3. The summed E-state index contributed by atoms with van der Waals surface area (Å²) in [6, 6.07) is 19.4. The molecule has 0 fully saturated rings. The maximum atomic E-state index is 13.0. The van der Waals surface area contributed by atoms with Crippen LogP contribution < -0.4 is 4.90 Å². The molecule has 0 spiro atoms. The minimum atomic E-state index is -0.663. The summed E-state index contributed by atoms with van der Waals surface area (Å²) >= 11 is 0. The van der Waals surface area contributed by atoms with Crippen LogP contribution in [-0.2, 0) is 14.3 Å². The Labute approximate surface area is 193 Å². The van der Waals surface area contributed by atoms with Crippen LogP contribution in [0.2, 0.25) is 0 Å². The largest absolute Gasteiger partial charge is 0.456 e. The third kappa shape index (κ3) is 5.03. The summed E-state index contributed by atoms with van der Waals surface area (Å²) in [5.74, 6) is -0.0628. The molecule has 1 amide bonds. The van der Waals surface area contributed by atoms with Gasteiger partial charge < -0.3 is 9.47 Å². The second kappa shape index (κ2) is 9.02. The molecule has 3 aromatic rings. The Bertz CT molecular complexity index is 1160. The van der Waals surface area contributed by atoms with Crippen molar-refractivity contribution in [2.75, 3.05) is 11.4 Å². The van der Waals surface area contributed by atoms with Crippen molar-refractivity contribution in [3.8, 4) is 22.5 Å². The first-order valence-electron chi connectivity index (χ1n) is 10.9. The molecular formula is C26H27N3O4. The monoisotopic (exact) mass is 445 g/mol. The summed E-state index contributed by atoms with van der Waals surface area (Å²) in [4.78, 5) is 36.2. The zero-order valence-corrected chi connectivity index (χ0v) is 19.2. The molecule has 33 heavy (non-hydrogen) atoms. The second-order valence-corrected chi connectivity index (χ2v) is 8.88. The quantitative estimate of drug-likeness (QED) is 0.491. The number of rotatable bonds is 3. The summed E-state index contributed by atoms with van der Waals surface area (Å²) in [6.07, 6.45) is -0.707. The number of anilines is 1. The summed E-state index contributed by atoms with van der Waals surface area (Å²) in [6.45, 7) is 7.11. The molecule has 1 aliphatic heterocycles. The Morgan fingerprint density at radius 3 is 1.97 bits per heavy atom. The standard InChI is InChI=1S/C26H27N3O4/c1-17(30)32-20-15-16-29(25(31)33-26(2,3)4)24-23(20)27-21(18-11-7-5-8-12-18)22(28-24)19-13-9-6-10-14-19/h5-14,20H,15-16H2,1-4H3/t20-/m1/s1. The summed E-state index contributed by atoms with van der Waals surface area (Å²) in [7, 11) is 0. The van der Waals surface area contributed by atoms with Gasteiger partial charge in [0.2, 0.25) is 0 Å². The molecule has 0 radical (unpaired) electrons. The molecule has 2 heterocycles. The van der Waals surface area contributed by atoms with E-state index in [0.29, 0.717) is 35.9 Å². The minimum Gasteiger partial charge on any atom is -0.456 e. The number of aromatic nitrogens is 2. The smallest absolute Gasteiger partial charge is 0.416 e. The highest BCUT2D eigenvalue weighted by atomic mass is 16.6. The zero-order valence-electron chi connectivity index (χ0n) is 19.2. The topological polar surface area (TPSA) is 81.6 Å². The van der Waals surface area contributed by atoms with Gasteiger partial charge in [-0.1, -0.05) is 60.7 Å². The molecule has 0 bridgehead atoms. The van der Waals surface area contributed by atoms with Gasteiger partial charge in [0.1, 0.15) is 17.4 Å². The van der Waals surface area contributed by atoms with Gasteiger partial charge in [0, 0.05) is 31.0 Å². The Balaban J connectivity index is 1.92. The minimum absolute atomic E-state index is 0.299. The highest BCUT2D eigenvalue weighted by Crippen LogP contribution is 2.39. The van der Waals surface area contributed by atoms with Gasteiger partial charge >= 0.3 is 12.1 Å². The van der Waals surface area contributed by atoms with Crippen molar-refractivity contribution >= 4 is 17.9 Å². The lowest BCUT2D eigenvalue weighted by Crippen LogP contribution is -2.42. The average molecular weight is 446 g/mol. The Morgan fingerprint density at radius 1 is 0.909 bits per heavy atom. The first-order valence-corrected chi connectivity index (χ1v) is 10.9. The summed E-state index contributed by atoms with van der Waals surface area (Å²) in [5.41, 5.74) is 2.82. The van der Waals surface area contributed by atoms with E-state index in [9.17, 15) is 9.59 Å². The normalized spacial score (nSPS) is 15.5. The molecule has 170 valence electrons. The van der Waals surface area contributed by atoms with Crippen molar-refractivity contribution in [2.24, 2.45) is 0 Å². The van der Waals surface area contributed by atoms with E-state index in [2.05, 4.69) is 0 Å². The van der Waals surface area contributed by atoms with Crippen molar-refractivity contribution < 1.29 is 19.1 Å². The van der Waals surface area contributed by atoms with E-state index in [1.54, 1.807) is 0 Å². The van der Waals surface area contributed by atoms with Crippen LogP contribution in [0.15, 0.2) is 60.7 Å². The van der Waals surface area contributed by atoms with E-state index in [0.717, 1.165) is 11.1 Å². The fourth-order valence-electron chi connectivity index (χ4n) is 3.75. The van der Waals surface area contributed by atoms with Crippen LogP contribution in [0.4, 0.5) is 10.6 Å². The lowest BCUT2D eigenvalue weighted by atomic mass is 10.0.